The molecule has 1 radical (unpaired) electrons. The van der Waals surface area contributed by atoms with E-state index >= 15 is 0 Å². The van der Waals surface area contributed by atoms with Gasteiger partial charge in [-0.25, -0.2) is 17.1 Å². The monoisotopic (exact) mass is 209 g/mol. The number of aromatic nitrogens is 3. The second kappa shape index (κ2) is 4.26. The molecule has 2 aromatic rings. The summed E-state index contributed by atoms with van der Waals surface area (Å²) in [5, 5.41) is 0. The first-order chi connectivity index (χ1) is 5.86. The molecule has 2 heterocycles. The van der Waals surface area contributed by atoms with E-state index in [0.717, 1.165) is 11.5 Å². The van der Waals surface area contributed by atoms with E-state index in [1.54, 1.807) is 12.5 Å². The fourth-order valence-corrected chi connectivity index (χ4v) is 1.02. The van der Waals surface area contributed by atoms with Crippen LogP contribution in [0.5, 0.6) is 0 Å². The normalized spacial score (nSPS) is 9.31. The minimum Gasteiger partial charge on any atom is -0.306 e. The maximum absolute atomic E-state index is 4.28. The summed E-state index contributed by atoms with van der Waals surface area (Å²) in [5.41, 5.74) is 0.890. The Labute approximate surface area is 88.7 Å². The number of hydrogen-bond donors (Lipinski definition) is 0. The Bertz CT molecular complexity index is 370. The zero-order chi connectivity index (χ0) is 8.39. The number of hydrogen-bond acceptors (Lipinski definition) is 2. The smallest absolute Gasteiger partial charge is 0.0991 e. The third kappa shape index (κ3) is 2.20. The molecule has 0 N–H and O–H groups in total. The molecule has 0 saturated heterocycles. The molecule has 0 amide bonds. The van der Waals surface area contributed by atoms with Crippen LogP contribution in [0.4, 0.5) is 0 Å². The molecular weight excluding hydrogens is 201 g/mol. The topological polar surface area (TPSA) is 30.7 Å². The summed E-state index contributed by atoms with van der Waals surface area (Å²) < 4.78 is 1.86. The molecule has 0 saturated carbocycles. The Morgan fingerprint density at radius 2 is 2.31 bits per heavy atom. The second-order valence-corrected chi connectivity index (χ2v) is 2.50. The van der Waals surface area contributed by atoms with Crippen LogP contribution in [-0.4, -0.2) is 14.5 Å². The second-order valence-electron chi connectivity index (χ2n) is 2.50. The van der Waals surface area contributed by atoms with Gasteiger partial charge in [-0.05, 0) is 6.92 Å². The van der Waals surface area contributed by atoms with Crippen molar-refractivity contribution in [2.75, 3.05) is 0 Å². The average molecular weight is 209 g/mol. The van der Waals surface area contributed by atoms with Gasteiger partial charge in [0, 0.05) is 30.9 Å². The van der Waals surface area contributed by atoms with Gasteiger partial charge in [0.2, 0.25) is 0 Å². The summed E-state index contributed by atoms with van der Waals surface area (Å²) in [6, 6.07) is 6.75. The minimum atomic E-state index is 0. The zero-order valence-electron chi connectivity index (χ0n) is 7.18. The maximum Gasteiger partial charge on any atom is 0.0991 e. The fourth-order valence-electron chi connectivity index (χ4n) is 1.02. The van der Waals surface area contributed by atoms with Gasteiger partial charge in [0.1, 0.15) is 0 Å². The maximum atomic E-state index is 4.28. The summed E-state index contributed by atoms with van der Waals surface area (Å²) >= 11 is 0. The molecule has 0 fully saturated rings. The number of nitrogens with zero attached hydrogens (tertiary/aromatic N) is 3. The van der Waals surface area contributed by atoms with Gasteiger partial charge in [-0.2, -0.15) is 6.07 Å². The molecule has 0 aliphatic heterocycles. The predicted octanol–water partition coefficient (Wildman–Crippen LogP) is 1.37. The molecule has 0 aliphatic carbocycles. The van der Waals surface area contributed by atoms with E-state index in [1.165, 1.54) is 0 Å². The Morgan fingerprint density at radius 3 is 2.92 bits per heavy atom. The number of pyridine rings is 1. The van der Waals surface area contributed by atoms with E-state index in [2.05, 4.69) is 16.0 Å². The van der Waals surface area contributed by atoms with Crippen molar-refractivity contribution < 1.29 is 18.6 Å². The molecule has 0 aromatic carbocycles. The van der Waals surface area contributed by atoms with Crippen LogP contribution in [0.15, 0.2) is 30.9 Å². The van der Waals surface area contributed by atoms with Crippen molar-refractivity contribution >= 4 is 0 Å². The van der Waals surface area contributed by atoms with Crippen LogP contribution < -0.4 is 0 Å². The third-order valence-corrected chi connectivity index (χ3v) is 1.58. The minimum absolute atomic E-state index is 0. The molecule has 2 aromatic heterocycles. The van der Waals surface area contributed by atoms with E-state index in [4.69, 9.17) is 0 Å². The van der Waals surface area contributed by atoms with Crippen molar-refractivity contribution in [2.45, 2.75) is 6.92 Å². The van der Waals surface area contributed by atoms with Gasteiger partial charge in [0.15, 0.2) is 0 Å². The first kappa shape index (κ1) is 10.0. The zero-order valence-corrected chi connectivity index (χ0v) is 8.57. The van der Waals surface area contributed by atoms with E-state index < -0.39 is 0 Å². The van der Waals surface area contributed by atoms with Crippen LogP contribution in [-0.2, 0) is 18.6 Å². The SMILES string of the molecule is Cc1[c-]ccc(-n2ccnc2)n1.[V]. The first-order valence-corrected chi connectivity index (χ1v) is 3.70. The molecule has 0 aliphatic rings. The van der Waals surface area contributed by atoms with Gasteiger partial charge < -0.3 is 4.57 Å². The van der Waals surface area contributed by atoms with Gasteiger partial charge in [0.25, 0.3) is 0 Å². The van der Waals surface area contributed by atoms with Gasteiger partial charge >= 0.3 is 0 Å². The molecule has 2 rings (SSSR count). The number of imidazole rings is 1. The largest absolute Gasteiger partial charge is 0.306 e. The van der Waals surface area contributed by atoms with Crippen LogP contribution in [0.1, 0.15) is 5.69 Å². The molecule has 0 unspecified atom stereocenters. The average Bonchev–Trinajstić information content (AvgIpc) is 2.56. The van der Waals surface area contributed by atoms with Crippen LogP contribution in [0, 0.1) is 13.0 Å². The molecule has 0 atom stereocenters. The van der Waals surface area contributed by atoms with Crippen LogP contribution in [0.2, 0.25) is 0 Å². The van der Waals surface area contributed by atoms with Crippen molar-refractivity contribution in [1.82, 2.24) is 14.5 Å². The number of aryl methyl sites for hydroxylation is 1. The van der Waals surface area contributed by atoms with Gasteiger partial charge in [-0.1, -0.05) is 5.69 Å². The van der Waals surface area contributed by atoms with Crippen molar-refractivity contribution in [3.63, 3.8) is 0 Å². The summed E-state index contributed by atoms with van der Waals surface area (Å²) in [6.07, 6.45) is 5.32. The molecular formula is C9H8N3V-. The molecule has 65 valence electrons. The Kier molecular flexibility index (Phi) is 3.28. The molecule has 0 bridgehead atoms. The molecule has 4 heteroatoms. The van der Waals surface area contributed by atoms with Crippen LogP contribution in [0.25, 0.3) is 5.82 Å². The summed E-state index contributed by atoms with van der Waals surface area (Å²) in [7, 11) is 0. The van der Waals surface area contributed by atoms with Crippen LogP contribution >= 0.6 is 0 Å². The molecule has 3 nitrogen and oxygen atoms in total. The van der Waals surface area contributed by atoms with Crippen LogP contribution in [0.3, 0.4) is 0 Å². The quantitative estimate of drug-likeness (QED) is 0.664. The van der Waals surface area contributed by atoms with E-state index in [9.17, 15) is 0 Å². The van der Waals surface area contributed by atoms with E-state index in [-0.39, 0.29) is 18.6 Å². The summed E-state index contributed by atoms with van der Waals surface area (Å²) in [4.78, 5) is 8.22. The first-order valence-electron chi connectivity index (χ1n) is 3.70. The van der Waals surface area contributed by atoms with E-state index in [0.29, 0.717) is 0 Å². The molecule has 13 heavy (non-hydrogen) atoms. The third-order valence-electron chi connectivity index (χ3n) is 1.58. The molecule has 0 spiro atoms. The fraction of sp³-hybridized carbons (Fsp3) is 0.111. The van der Waals surface area contributed by atoms with Gasteiger partial charge in [-0.3, -0.25) is 4.98 Å². The summed E-state index contributed by atoms with van der Waals surface area (Å²) in [5.74, 6) is 0.878. The van der Waals surface area contributed by atoms with Gasteiger partial charge in [0.05, 0.1) is 12.1 Å². The van der Waals surface area contributed by atoms with E-state index in [1.807, 2.05) is 29.8 Å². The van der Waals surface area contributed by atoms with Gasteiger partial charge in [-0.15, -0.1) is 0 Å². The summed E-state index contributed by atoms with van der Waals surface area (Å²) in [6.45, 7) is 1.92. The standard InChI is InChI=1S/C9H8N3.V/c1-8-3-2-4-9(11-8)12-6-5-10-7-12;/h2,4-7H,1H3;/q-1;. The Morgan fingerprint density at radius 1 is 1.46 bits per heavy atom. The van der Waals surface area contributed by atoms with Crippen molar-refractivity contribution in [3.8, 4) is 5.82 Å². The predicted molar refractivity (Wildman–Crippen MR) is 44.9 cm³/mol. The van der Waals surface area contributed by atoms with Crippen molar-refractivity contribution in [3.05, 3.63) is 42.6 Å². The Hall–Kier alpha value is -1.06. The van der Waals surface area contributed by atoms with Crippen molar-refractivity contribution in [2.24, 2.45) is 0 Å². The van der Waals surface area contributed by atoms with Crippen molar-refractivity contribution in [1.29, 1.82) is 0 Å². The number of rotatable bonds is 1. The Balaban J connectivity index is 0.000000845.